The molecule has 0 spiro atoms. The summed E-state index contributed by atoms with van der Waals surface area (Å²) in [6.07, 6.45) is 2.74. The lowest BCUT2D eigenvalue weighted by Crippen LogP contribution is -2.62. The molecule has 3 rings (SSSR count). The van der Waals surface area contributed by atoms with Gasteiger partial charge in [0.05, 0.1) is 17.8 Å². The summed E-state index contributed by atoms with van der Waals surface area (Å²) in [5.74, 6) is 1.05. The number of carbonyl (C=O) groups is 1. The van der Waals surface area contributed by atoms with Gasteiger partial charge in [0.15, 0.2) is 0 Å². The molecular weight excluding hydrogens is 278 g/mol. The first-order valence-corrected chi connectivity index (χ1v) is 8.19. The van der Waals surface area contributed by atoms with E-state index in [1.54, 1.807) is 0 Å². The number of anilines is 1. The molecule has 22 heavy (non-hydrogen) atoms. The van der Waals surface area contributed by atoms with Crippen LogP contribution in [-0.2, 0) is 4.79 Å². The lowest BCUT2D eigenvalue weighted by Gasteiger charge is -2.44. The second kappa shape index (κ2) is 6.16. The molecule has 1 heterocycles. The molecule has 2 fully saturated rings. The summed E-state index contributed by atoms with van der Waals surface area (Å²) >= 11 is 0. The molecule has 1 aliphatic heterocycles. The van der Waals surface area contributed by atoms with Crippen molar-refractivity contribution >= 4 is 11.6 Å². The SMILES string of the molecule is CCOc1ccccc1N1CCN(C(=O)C2(N)CCC2)CC1. The van der Waals surface area contributed by atoms with Crippen LogP contribution < -0.4 is 15.4 Å². The Morgan fingerprint density at radius 1 is 1.23 bits per heavy atom. The average molecular weight is 303 g/mol. The molecule has 1 amide bonds. The molecule has 0 bridgehead atoms. The predicted molar refractivity (Wildman–Crippen MR) is 87.2 cm³/mol. The fourth-order valence-electron chi connectivity index (χ4n) is 3.23. The number of rotatable bonds is 4. The van der Waals surface area contributed by atoms with Crippen molar-refractivity contribution in [3.8, 4) is 5.75 Å². The van der Waals surface area contributed by atoms with E-state index in [9.17, 15) is 4.79 Å². The maximum Gasteiger partial charge on any atom is 0.242 e. The van der Waals surface area contributed by atoms with E-state index in [4.69, 9.17) is 10.5 Å². The smallest absolute Gasteiger partial charge is 0.242 e. The van der Waals surface area contributed by atoms with Crippen LogP contribution >= 0.6 is 0 Å². The number of piperazine rings is 1. The molecule has 0 atom stereocenters. The van der Waals surface area contributed by atoms with Gasteiger partial charge in [-0.15, -0.1) is 0 Å². The molecule has 1 saturated heterocycles. The maximum atomic E-state index is 12.5. The summed E-state index contributed by atoms with van der Waals surface area (Å²) in [7, 11) is 0. The first kappa shape index (κ1) is 15.2. The monoisotopic (exact) mass is 303 g/mol. The largest absolute Gasteiger partial charge is 0.492 e. The average Bonchev–Trinajstić information content (AvgIpc) is 2.53. The number of nitrogens with two attached hydrogens (primary N) is 1. The number of hydrogen-bond acceptors (Lipinski definition) is 4. The van der Waals surface area contributed by atoms with Gasteiger partial charge >= 0.3 is 0 Å². The van der Waals surface area contributed by atoms with Crippen molar-refractivity contribution in [1.82, 2.24) is 4.90 Å². The number of carbonyl (C=O) groups excluding carboxylic acids is 1. The molecule has 1 aliphatic carbocycles. The van der Waals surface area contributed by atoms with Gasteiger partial charge in [-0.25, -0.2) is 0 Å². The predicted octanol–water partition coefficient (Wildman–Crippen LogP) is 1.62. The molecule has 5 heteroatoms. The highest BCUT2D eigenvalue weighted by molar-refractivity contribution is 5.87. The molecule has 2 aliphatic rings. The number of amides is 1. The summed E-state index contributed by atoms with van der Waals surface area (Å²) in [5, 5.41) is 0. The number of nitrogens with zero attached hydrogens (tertiary/aromatic N) is 2. The van der Waals surface area contributed by atoms with Gasteiger partial charge in [0, 0.05) is 26.2 Å². The molecular formula is C17H25N3O2. The van der Waals surface area contributed by atoms with Crippen molar-refractivity contribution < 1.29 is 9.53 Å². The van der Waals surface area contributed by atoms with E-state index < -0.39 is 5.54 Å². The first-order valence-electron chi connectivity index (χ1n) is 8.19. The zero-order valence-corrected chi connectivity index (χ0v) is 13.3. The molecule has 1 aromatic carbocycles. The van der Waals surface area contributed by atoms with Crippen LogP contribution in [0.5, 0.6) is 5.75 Å². The minimum atomic E-state index is -0.578. The van der Waals surface area contributed by atoms with Gasteiger partial charge in [-0.3, -0.25) is 4.79 Å². The number of ether oxygens (including phenoxy) is 1. The third-order valence-electron chi connectivity index (χ3n) is 4.74. The van der Waals surface area contributed by atoms with Crippen LogP contribution in [0.1, 0.15) is 26.2 Å². The van der Waals surface area contributed by atoms with E-state index in [-0.39, 0.29) is 5.91 Å². The van der Waals surface area contributed by atoms with Crippen molar-refractivity contribution in [2.75, 3.05) is 37.7 Å². The zero-order valence-electron chi connectivity index (χ0n) is 13.3. The lowest BCUT2D eigenvalue weighted by molar-refractivity contribution is -0.140. The summed E-state index contributed by atoms with van der Waals surface area (Å²) in [6.45, 7) is 5.77. The lowest BCUT2D eigenvalue weighted by atomic mass is 9.76. The number of para-hydroxylation sites is 2. The molecule has 0 radical (unpaired) electrons. The highest BCUT2D eigenvalue weighted by Gasteiger charge is 2.43. The summed E-state index contributed by atoms with van der Waals surface area (Å²) in [4.78, 5) is 16.7. The van der Waals surface area contributed by atoms with Crippen molar-refractivity contribution in [3.63, 3.8) is 0 Å². The standard InChI is InChI=1S/C17H25N3O2/c1-2-22-15-7-4-3-6-14(15)19-10-12-20(13-11-19)16(21)17(18)8-5-9-17/h3-4,6-7H,2,5,8-13,18H2,1H3. The van der Waals surface area contributed by atoms with Crippen molar-refractivity contribution in [2.45, 2.75) is 31.7 Å². The van der Waals surface area contributed by atoms with Crippen LogP contribution in [0, 0.1) is 0 Å². The Morgan fingerprint density at radius 3 is 2.50 bits per heavy atom. The first-order chi connectivity index (χ1) is 10.6. The van der Waals surface area contributed by atoms with Crippen molar-refractivity contribution in [3.05, 3.63) is 24.3 Å². The van der Waals surface area contributed by atoms with Gasteiger partial charge in [0.25, 0.3) is 0 Å². The van der Waals surface area contributed by atoms with Gasteiger partial charge in [-0.2, -0.15) is 0 Å². The van der Waals surface area contributed by atoms with E-state index >= 15 is 0 Å². The molecule has 1 saturated carbocycles. The second-order valence-corrected chi connectivity index (χ2v) is 6.19. The highest BCUT2D eigenvalue weighted by Crippen LogP contribution is 2.32. The van der Waals surface area contributed by atoms with Crippen LogP contribution in [0.25, 0.3) is 0 Å². The normalized spacial score (nSPS) is 20.5. The van der Waals surface area contributed by atoms with Gasteiger partial charge in [0.1, 0.15) is 5.75 Å². The van der Waals surface area contributed by atoms with E-state index in [0.29, 0.717) is 6.61 Å². The molecule has 120 valence electrons. The molecule has 0 aromatic heterocycles. The molecule has 0 unspecified atom stereocenters. The fraction of sp³-hybridized carbons (Fsp3) is 0.588. The maximum absolute atomic E-state index is 12.5. The van der Waals surface area contributed by atoms with E-state index in [1.807, 2.05) is 30.0 Å². The van der Waals surface area contributed by atoms with Gasteiger partial charge in [-0.1, -0.05) is 12.1 Å². The van der Waals surface area contributed by atoms with Crippen molar-refractivity contribution in [1.29, 1.82) is 0 Å². The van der Waals surface area contributed by atoms with Crippen LogP contribution in [0.3, 0.4) is 0 Å². The van der Waals surface area contributed by atoms with Crippen LogP contribution in [-0.4, -0.2) is 49.1 Å². The topological polar surface area (TPSA) is 58.8 Å². The van der Waals surface area contributed by atoms with Crippen LogP contribution in [0.4, 0.5) is 5.69 Å². The van der Waals surface area contributed by atoms with E-state index in [0.717, 1.165) is 56.9 Å². The Hall–Kier alpha value is -1.75. The number of hydrogen-bond donors (Lipinski definition) is 1. The van der Waals surface area contributed by atoms with Gasteiger partial charge < -0.3 is 20.3 Å². The minimum Gasteiger partial charge on any atom is -0.492 e. The minimum absolute atomic E-state index is 0.136. The Balaban J connectivity index is 1.63. The van der Waals surface area contributed by atoms with E-state index in [1.165, 1.54) is 0 Å². The Morgan fingerprint density at radius 2 is 1.91 bits per heavy atom. The molecule has 5 nitrogen and oxygen atoms in total. The van der Waals surface area contributed by atoms with Crippen LogP contribution in [0.2, 0.25) is 0 Å². The van der Waals surface area contributed by atoms with Crippen molar-refractivity contribution in [2.24, 2.45) is 5.73 Å². The second-order valence-electron chi connectivity index (χ2n) is 6.19. The zero-order chi connectivity index (χ0) is 15.6. The quantitative estimate of drug-likeness (QED) is 0.918. The third-order valence-corrected chi connectivity index (χ3v) is 4.74. The summed E-state index contributed by atoms with van der Waals surface area (Å²) < 4.78 is 5.70. The highest BCUT2D eigenvalue weighted by atomic mass is 16.5. The fourth-order valence-corrected chi connectivity index (χ4v) is 3.23. The van der Waals surface area contributed by atoms with E-state index in [2.05, 4.69) is 11.0 Å². The summed E-state index contributed by atoms with van der Waals surface area (Å²) in [6, 6.07) is 8.10. The Labute approximate surface area is 132 Å². The number of benzene rings is 1. The van der Waals surface area contributed by atoms with Gasteiger partial charge in [0.2, 0.25) is 5.91 Å². The molecule has 2 N–H and O–H groups in total. The van der Waals surface area contributed by atoms with Crippen LogP contribution in [0.15, 0.2) is 24.3 Å². The van der Waals surface area contributed by atoms with Gasteiger partial charge in [-0.05, 0) is 38.3 Å². The third kappa shape index (κ3) is 2.77. The Kier molecular flexibility index (Phi) is 4.25. The molecule has 1 aromatic rings. The Bertz CT molecular complexity index is 534. The summed E-state index contributed by atoms with van der Waals surface area (Å²) in [5.41, 5.74) is 6.70.